The molecule has 250 valence electrons. The van der Waals surface area contributed by atoms with E-state index >= 15 is 4.39 Å². The van der Waals surface area contributed by atoms with Crippen LogP contribution < -0.4 is 15.0 Å². The Bertz CT molecular complexity index is 1740. The van der Waals surface area contributed by atoms with E-state index < -0.39 is 47.3 Å². The highest BCUT2D eigenvalue weighted by molar-refractivity contribution is 6.08. The number of halogens is 1. The highest BCUT2D eigenvalue weighted by Crippen LogP contribution is 2.38. The average Bonchev–Trinajstić information content (AvgIpc) is 3.69. The van der Waals surface area contributed by atoms with E-state index in [2.05, 4.69) is 22.0 Å². The fourth-order valence-electron chi connectivity index (χ4n) is 6.10. The fraction of sp³-hybridized carbons (Fsp3) is 0.485. The van der Waals surface area contributed by atoms with E-state index in [4.69, 9.17) is 18.9 Å². The molecular weight excluding hydrogens is 611 g/mol. The van der Waals surface area contributed by atoms with Crippen LogP contribution in [0.1, 0.15) is 56.3 Å². The molecule has 3 aliphatic rings. The van der Waals surface area contributed by atoms with E-state index in [1.54, 1.807) is 45.9 Å². The number of benzene rings is 1. The predicted molar refractivity (Wildman–Crippen MR) is 168 cm³/mol. The number of furan rings is 1. The van der Waals surface area contributed by atoms with Crippen LogP contribution >= 0.6 is 0 Å². The summed E-state index contributed by atoms with van der Waals surface area (Å²) in [5.41, 5.74) is -1.71. The number of ether oxygens (including phenoxy) is 2. The van der Waals surface area contributed by atoms with Gasteiger partial charge in [0.1, 0.15) is 17.1 Å². The van der Waals surface area contributed by atoms with Crippen molar-refractivity contribution < 1.29 is 37.5 Å². The summed E-state index contributed by atoms with van der Waals surface area (Å²) in [4.78, 5) is 65.1. The van der Waals surface area contributed by atoms with Crippen LogP contribution in [0.2, 0.25) is 0 Å². The first kappa shape index (κ1) is 32.2. The standard InChI is InChI=1S/C33H39FN6O7/c1-6-37-12-14-38(15-13-37)25-11-10-22-21(35-25)16-24(47-22)33(29(42)40(31(44)36-33)19-46-30(43)32(3,4)5)18-39-17-20-8-9-23(45-7-2)27(34)26(20)28(39)41/h8-11,16H,6-7,12-15,17-19H2,1-5H3,(H,36,44)/t33-/m0/s1. The van der Waals surface area contributed by atoms with Crippen LogP contribution in [0.15, 0.2) is 34.7 Å². The molecule has 14 heteroatoms. The van der Waals surface area contributed by atoms with Crippen molar-refractivity contribution in [1.82, 2.24) is 25.0 Å². The van der Waals surface area contributed by atoms with E-state index in [1.807, 2.05) is 6.07 Å². The fourth-order valence-corrected chi connectivity index (χ4v) is 6.10. The SMILES string of the molecule is CCOc1ccc2c(c1F)C(=O)N(C[C@@]1(c3cc4nc(N5CCN(CC)CC5)ccc4o3)NC(=O)N(COC(=O)C(C)(C)C)C1=O)C2. The van der Waals surface area contributed by atoms with Gasteiger partial charge >= 0.3 is 12.0 Å². The minimum atomic E-state index is -1.92. The number of imide groups is 1. The first-order valence-corrected chi connectivity index (χ1v) is 15.8. The van der Waals surface area contributed by atoms with Gasteiger partial charge in [0.15, 0.2) is 29.4 Å². The van der Waals surface area contributed by atoms with Crippen molar-refractivity contribution in [2.75, 3.05) is 57.5 Å². The van der Waals surface area contributed by atoms with Gasteiger partial charge in [0, 0.05) is 38.8 Å². The molecule has 0 radical (unpaired) electrons. The molecule has 3 aromatic rings. The number of likely N-dealkylation sites (N-methyl/N-ethyl adjacent to an activating group) is 1. The highest BCUT2D eigenvalue weighted by Gasteiger charge is 2.57. The Morgan fingerprint density at radius 1 is 1.09 bits per heavy atom. The summed E-state index contributed by atoms with van der Waals surface area (Å²) in [7, 11) is 0. The summed E-state index contributed by atoms with van der Waals surface area (Å²) < 4.78 is 32.2. The summed E-state index contributed by atoms with van der Waals surface area (Å²) in [6.45, 7) is 12.4. The predicted octanol–water partition coefficient (Wildman–Crippen LogP) is 3.46. The van der Waals surface area contributed by atoms with E-state index in [9.17, 15) is 19.2 Å². The molecule has 5 heterocycles. The number of nitrogens with one attached hydrogen (secondary N) is 1. The zero-order valence-corrected chi connectivity index (χ0v) is 27.2. The first-order valence-electron chi connectivity index (χ1n) is 15.8. The molecule has 2 fully saturated rings. The van der Waals surface area contributed by atoms with Crippen molar-refractivity contribution in [2.45, 2.75) is 46.7 Å². The molecule has 4 amide bonds. The highest BCUT2D eigenvalue weighted by atomic mass is 19.1. The second kappa shape index (κ2) is 12.1. The Balaban J connectivity index is 1.35. The van der Waals surface area contributed by atoms with E-state index in [0.29, 0.717) is 16.7 Å². The second-order valence-electron chi connectivity index (χ2n) is 13.0. The zero-order valence-electron chi connectivity index (χ0n) is 27.2. The number of urea groups is 1. The van der Waals surface area contributed by atoms with Gasteiger partial charge in [0.25, 0.3) is 11.8 Å². The monoisotopic (exact) mass is 650 g/mol. The van der Waals surface area contributed by atoms with Crippen LogP contribution in [-0.2, 0) is 26.4 Å². The Hall–Kier alpha value is -4.72. The van der Waals surface area contributed by atoms with Gasteiger partial charge in [-0.25, -0.2) is 19.1 Å². The van der Waals surface area contributed by atoms with Crippen molar-refractivity contribution in [3.8, 4) is 5.75 Å². The number of amides is 4. The van der Waals surface area contributed by atoms with Crippen molar-refractivity contribution >= 4 is 40.7 Å². The van der Waals surface area contributed by atoms with Crippen LogP contribution in [0.5, 0.6) is 5.75 Å². The zero-order chi connectivity index (χ0) is 33.7. The maximum atomic E-state index is 15.4. The lowest BCUT2D eigenvalue weighted by molar-refractivity contribution is -0.158. The van der Waals surface area contributed by atoms with E-state index in [1.165, 1.54) is 11.0 Å². The molecule has 3 aliphatic heterocycles. The molecule has 6 rings (SSSR count). The third kappa shape index (κ3) is 5.75. The maximum Gasteiger partial charge on any atom is 0.328 e. The topological polar surface area (TPSA) is 138 Å². The number of piperazine rings is 1. The first-order chi connectivity index (χ1) is 22.4. The number of fused-ring (bicyclic) bond motifs is 2. The molecule has 0 unspecified atom stereocenters. The van der Waals surface area contributed by atoms with Gasteiger partial charge in [-0.05, 0) is 58.0 Å². The molecule has 0 aliphatic carbocycles. The number of anilines is 1. The number of hydrogen-bond acceptors (Lipinski definition) is 10. The van der Waals surface area contributed by atoms with Crippen LogP contribution in [0.25, 0.3) is 11.1 Å². The minimum absolute atomic E-state index is 0.0201. The quantitative estimate of drug-likeness (QED) is 0.271. The number of carbonyl (C=O) groups excluding carboxylic acids is 4. The number of esters is 1. The van der Waals surface area contributed by atoms with Crippen LogP contribution in [0.3, 0.4) is 0 Å². The summed E-state index contributed by atoms with van der Waals surface area (Å²) >= 11 is 0. The second-order valence-corrected chi connectivity index (χ2v) is 13.0. The molecule has 0 spiro atoms. The largest absolute Gasteiger partial charge is 0.491 e. The van der Waals surface area contributed by atoms with Gasteiger partial charge in [0.05, 0.1) is 24.1 Å². The lowest BCUT2D eigenvalue weighted by Gasteiger charge is -2.34. The van der Waals surface area contributed by atoms with Crippen LogP contribution in [0, 0.1) is 11.2 Å². The van der Waals surface area contributed by atoms with Gasteiger partial charge in [-0.15, -0.1) is 0 Å². The maximum absolute atomic E-state index is 15.4. The number of nitrogens with zero attached hydrogens (tertiary/aromatic N) is 5. The molecule has 1 N–H and O–H groups in total. The summed E-state index contributed by atoms with van der Waals surface area (Å²) in [5, 5.41) is 2.71. The van der Waals surface area contributed by atoms with Gasteiger partial charge in [0.2, 0.25) is 0 Å². The number of hydrogen-bond donors (Lipinski definition) is 1. The van der Waals surface area contributed by atoms with Crippen molar-refractivity contribution in [3.05, 3.63) is 53.0 Å². The van der Waals surface area contributed by atoms with Crippen LogP contribution in [-0.4, -0.2) is 96.1 Å². The molecule has 47 heavy (non-hydrogen) atoms. The van der Waals surface area contributed by atoms with Gasteiger partial charge in [-0.2, -0.15) is 0 Å². The lowest BCUT2D eigenvalue weighted by atomic mass is 9.95. The minimum Gasteiger partial charge on any atom is -0.491 e. The smallest absolute Gasteiger partial charge is 0.328 e. The van der Waals surface area contributed by atoms with E-state index in [0.717, 1.165) is 43.4 Å². The lowest BCUT2D eigenvalue weighted by Crippen LogP contribution is -2.52. The number of carbonyl (C=O) groups is 4. The number of aromatic nitrogens is 1. The average molecular weight is 651 g/mol. The van der Waals surface area contributed by atoms with Crippen LogP contribution in [0.4, 0.5) is 15.0 Å². The molecule has 0 saturated carbocycles. The van der Waals surface area contributed by atoms with E-state index in [-0.39, 0.29) is 36.8 Å². The Labute approximate surface area is 271 Å². The number of pyridine rings is 1. The third-order valence-corrected chi connectivity index (χ3v) is 8.82. The Morgan fingerprint density at radius 2 is 1.83 bits per heavy atom. The van der Waals surface area contributed by atoms with Crippen molar-refractivity contribution in [1.29, 1.82) is 0 Å². The summed E-state index contributed by atoms with van der Waals surface area (Å²) in [6.07, 6.45) is 0. The molecular formula is C33H39FN6O7. The number of rotatable bonds is 9. The van der Waals surface area contributed by atoms with Gasteiger partial charge in [-0.3, -0.25) is 14.4 Å². The van der Waals surface area contributed by atoms with Gasteiger partial charge < -0.3 is 33.9 Å². The molecule has 1 atom stereocenters. The summed E-state index contributed by atoms with van der Waals surface area (Å²) in [5.74, 6) is -2.12. The van der Waals surface area contributed by atoms with Gasteiger partial charge in [-0.1, -0.05) is 13.0 Å². The Morgan fingerprint density at radius 3 is 2.51 bits per heavy atom. The third-order valence-electron chi connectivity index (χ3n) is 8.82. The Kier molecular flexibility index (Phi) is 8.32. The molecule has 13 nitrogen and oxygen atoms in total. The normalized spacial score (nSPS) is 20.3. The molecule has 0 bridgehead atoms. The molecule has 2 saturated heterocycles. The molecule has 1 aromatic carbocycles. The molecule has 2 aromatic heterocycles. The van der Waals surface area contributed by atoms with Crippen molar-refractivity contribution in [2.24, 2.45) is 5.41 Å². The van der Waals surface area contributed by atoms with Crippen molar-refractivity contribution in [3.63, 3.8) is 0 Å². The summed E-state index contributed by atoms with van der Waals surface area (Å²) in [6, 6.07) is 7.40.